The first-order valence-electron chi connectivity index (χ1n) is 5.87. The van der Waals surface area contributed by atoms with Gasteiger partial charge in [0.15, 0.2) is 5.54 Å². The lowest BCUT2D eigenvalue weighted by atomic mass is 9.94. The summed E-state index contributed by atoms with van der Waals surface area (Å²) in [4.78, 5) is 16.3. The van der Waals surface area contributed by atoms with Crippen LogP contribution in [0.4, 0.5) is 4.39 Å². The lowest BCUT2D eigenvalue weighted by Crippen LogP contribution is -2.54. The summed E-state index contributed by atoms with van der Waals surface area (Å²) in [6.45, 7) is 4.34. The molecule has 5 heteroatoms. The van der Waals surface area contributed by atoms with E-state index in [0.717, 1.165) is 5.56 Å². The standard InChI is InChI=1S/C14H18FNO3/c1-11(2)8-14(10-15,13(17)18)16-19-9-12-6-4-3-5-7-12/h3-7,16H,1,8-10H2,2H3,(H,17,18). The summed E-state index contributed by atoms with van der Waals surface area (Å²) in [5.41, 5.74) is 1.98. The predicted molar refractivity (Wildman–Crippen MR) is 70.1 cm³/mol. The van der Waals surface area contributed by atoms with Crippen LogP contribution in [0.15, 0.2) is 42.5 Å². The molecule has 0 amide bonds. The van der Waals surface area contributed by atoms with Gasteiger partial charge in [0.05, 0.1) is 6.61 Å². The zero-order valence-corrected chi connectivity index (χ0v) is 10.9. The molecule has 0 radical (unpaired) electrons. The van der Waals surface area contributed by atoms with Crippen LogP contribution in [-0.4, -0.2) is 23.3 Å². The fourth-order valence-corrected chi connectivity index (χ4v) is 1.63. The van der Waals surface area contributed by atoms with Crippen molar-refractivity contribution in [3.63, 3.8) is 0 Å². The van der Waals surface area contributed by atoms with Gasteiger partial charge in [0, 0.05) is 6.42 Å². The highest BCUT2D eigenvalue weighted by Gasteiger charge is 2.39. The summed E-state index contributed by atoms with van der Waals surface area (Å²) in [5.74, 6) is -1.30. The third-order valence-electron chi connectivity index (χ3n) is 2.59. The van der Waals surface area contributed by atoms with Gasteiger partial charge >= 0.3 is 5.97 Å². The zero-order chi connectivity index (χ0) is 14.3. The lowest BCUT2D eigenvalue weighted by molar-refractivity contribution is -0.155. The molecular formula is C14H18FNO3. The van der Waals surface area contributed by atoms with Gasteiger partial charge in [0.2, 0.25) is 0 Å². The highest BCUT2D eigenvalue weighted by Crippen LogP contribution is 2.17. The number of alkyl halides is 1. The molecule has 1 atom stereocenters. The summed E-state index contributed by atoms with van der Waals surface area (Å²) in [7, 11) is 0. The van der Waals surface area contributed by atoms with Crippen molar-refractivity contribution in [1.82, 2.24) is 5.48 Å². The monoisotopic (exact) mass is 267 g/mol. The molecule has 4 nitrogen and oxygen atoms in total. The Kier molecular flexibility index (Phi) is 5.66. The lowest BCUT2D eigenvalue weighted by Gasteiger charge is -2.27. The Hall–Kier alpha value is -1.72. The quantitative estimate of drug-likeness (QED) is 0.561. The van der Waals surface area contributed by atoms with Gasteiger partial charge in [-0.3, -0.25) is 9.63 Å². The van der Waals surface area contributed by atoms with Crippen LogP contribution in [0.5, 0.6) is 0 Å². The molecule has 0 aliphatic carbocycles. The second-order valence-corrected chi connectivity index (χ2v) is 4.53. The Labute approximate surface area is 111 Å². The first-order valence-corrected chi connectivity index (χ1v) is 5.87. The topological polar surface area (TPSA) is 58.6 Å². The van der Waals surface area contributed by atoms with E-state index in [0.29, 0.717) is 5.57 Å². The van der Waals surface area contributed by atoms with E-state index in [-0.39, 0.29) is 13.0 Å². The SMILES string of the molecule is C=C(C)CC(CF)(NOCc1ccccc1)C(=O)O. The number of halogens is 1. The number of rotatable bonds is 8. The van der Waals surface area contributed by atoms with E-state index in [2.05, 4.69) is 12.1 Å². The fourth-order valence-electron chi connectivity index (χ4n) is 1.63. The van der Waals surface area contributed by atoms with Crippen molar-refractivity contribution in [2.75, 3.05) is 6.67 Å². The van der Waals surface area contributed by atoms with Gasteiger partial charge in [-0.05, 0) is 12.5 Å². The Morgan fingerprint density at radius 3 is 2.58 bits per heavy atom. The van der Waals surface area contributed by atoms with Crippen molar-refractivity contribution in [2.45, 2.75) is 25.5 Å². The number of carboxylic acids is 1. The summed E-state index contributed by atoms with van der Waals surface area (Å²) in [6.07, 6.45) is -0.0341. The largest absolute Gasteiger partial charge is 0.480 e. The maximum absolute atomic E-state index is 13.1. The summed E-state index contributed by atoms with van der Waals surface area (Å²) in [6, 6.07) is 9.20. The average Bonchev–Trinajstić information content (AvgIpc) is 2.38. The van der Waals surface area contributed by atoms with Crippen LogP contribution in [0.1, 0.15) is 18.9 Å². The summed E-state index contributed by atoms with van der Waals surface area (Å²) in [5, 5.41) is 9.15. The van der Waals surface area contributed by atoms with E-state index in [4.69, 9.17) is 9.94 Å². The van der Waals surface area contributed by atoms with Gasteiger partial charge in [0.25, 0.3) is 0 Å². The number of hydroxylamine groups is 1. The molecule has 0 aliphatic heterocycles. The maximum Gasteiger partial charge on any atom is 0.329 e. The number of carbonyl (C=O) groups is 1. The molecule has 19 heavy (non-hydrogen) atoms. The number of aliphatic carboxylic acids is 1. The first-order chi connectivity index (χ1) is 9.00. The van der Waals surface area contributed by atoms with E-state index in [1.807, 2.05) is 30.3 Å². The van der Waals surface area contributed by atoms with E-state index in [1.54, 1.807) is 6.92 Å². The first kappa shape index (κ1) is 15.3. The van der Waals surface area contributed by atoms with E-state index < -0.39 is 18.2 Å². The van der Waals surface area contributed by atoms with Crippen LogP contribution in [-0.2, 0) is 16.2 Å². The molecule has 1 aromatic rings. The predicted octanol–water partition coefficient (Wildman–Crippen LogP) is 2.47. The van der Waals surface area contributed by atoms with Gasteiger partial charge < -0.3 is 5.11 Å². The van der Waals surface area contributed by atoms with Crippen LogP contribution in [0, 0.1) is 0 Å². The van der Waals surface area contributed by atoms with Crippen LogP contribution in [0.3, 0.4) is 0 Å². The van der Waals surface area contributed by atoms with Gasteiger partial charge in [-0.2, -0.15) is 5.48 Å². The normalized spacial score (nSPS) is 13.8. The second-order valence-electron chi connectivity index (χ2n) is 4.53. The molecule has 1 aromatic carbocycles. The zero-order valence-electron chi connectivity index (χ0n) is 10.9. The Balaban J connectivity index is 2.63. The highest BCUT2D eigenvalue weighted by atomic mass is 19.1. The van der Waals surface area contributed by atoms with Crippen LogP contribution in [0.2, 0.25) is 0 Å². The Morgan fingerprint density at radius 2 is 2.11 bits per heavy atom. The van der Waals surface area contributed by atoms with E-state index >= 15 is 0 Å². The van der Waals surface area contributed by atoms with E-state index in [1.165, 1.54) is 0 Å². The molecule has 0 spiro atoms. The molecule has 1 rings (SSSR count). The minimum Gasteiger partial charge on any atom is -0.480 e. The number of hydrogen-bond donors (Lipinski definition) is 2. The molecule has 1 unspecified atom stereocenters. The number of nitrogens with one attached hydrogen (secondary N) is 1. The maximum atomic E-state index is 13.1. The van der Waals surface area contributed by atoms with Gasteiger partial charge in [-0.25, -0.2) is 4.39 Å². The summed E-state index contributed by atoms with van der Waals surface area (Å²) >= 11 is 0. The van der Waals surface area contributed by atoms with Crippen molar-refractivity contribution < 1.29 is 19.1 Å². The van der Waals surface area contributed by atoms with Crippen LogP contribution in [0.25, 0.3) is 0 Å². The highest BCUT2D eigenvalue weighted by molar-refractivity contribution is 5.79. The number of benzene rings is 1. The second kappa shape index (κ2) is 7.01. The molecule has 0 aromatic heterocycles. The van der Waals surface area contributed by atoms with Crippen LogP contribution < -0.4 is 5.48 Å². The molecule has 0 bridgehead atoms. The van der Waals surface area contributed by atoms with Gasteiger partial charge in [-0.1, -0.05) is 35.9 Å². The van der Waals surface area contributed by atoms with Crippen molar-refractivity contribution in [1.29, 1.82) is 0 Å². The number of carboxylic acid groups (broad SMARTS) is 1. The molecule has 2 N–H and O–H groups in total. The van der Waals surface area contributed by atoms with Crippen LogP contribution >= 0.6 is 0 Å². The Morgan fingerprint density at radius 1 is 1.47 bits per heavy atom. The van der Waals surface area contributed by atoms with Crippen molar-refractivity contribution in [2.24, 2.45) is 0 Å². The molecule has 0 aliphatic rings. The minimum atomic E-state index is -1.78. The average molecular weight is 267 g/mol. The fraction of sp³-hybridized carbons (Fsp3) is 0.357. The minimum absolute atomic E-state index is 0.0341. The van der Waals surface area contributed by atoms with E-state index in [9.17, 15) is 9.18 Å². The molecule has 0 saturated carbocycles. The molecule has 0 fully saturated rings. The third-order valence-corrected chi connectivity index (χ3v) is 2.59. The van der Waals surface area contributed by atoms with Gasteiger partial charge in [0.1, 0.15) is 6.67 Å². The van der Waals surface area contributed by atoms with Gasteiger partial charge in [-0.15, -0.1) is 6.58 Å². The molecule has 104 valence electrons. The molecule has 0 saturated heterocycles. The van der Waals surface area contributed by atoms with Crippen molar-refractivity contribution in [3.05, 3.63) is 48.0 Å². The number of hydrogen-bond acceptors (Lipinski definition) is 3. The van der Waals surface area contributed by atoms with Crippen molar-refractivity contribution in [3.8, 4) is 0 Å². The smallest absolute Gasteiger partial charge is 0.329 e. The molecular weight excluding hydrogens is 249 g/mol. The third kappa shape index (κ3) is 4.46. The Bertz CT molecular complexity index is 436. The van der Waals surface area contributed by atoms with Crippen molar-refractivity contribution >= 4 is 5.97 Å². The summed E-state index contributed by atoms with van der Waals surface area (Å²) < 4.78 is 13.1. The molecule has 0 heterocycles.